The van der Waals surface area contributed by atoms with Gasteiger partial charge in [-0.05, 0) is 30.2 Å². The van der Waals surface area contributed by atoms with Gasteiger partial charge in [-0.2, -0.15) is 0 Å². The van der Waals surface area contributed by atoms with Gasteiger partial charge in [0.2, 0.25) is 0 Å². The summed E-state index contributed by atoms with van der Waals surface area (Å²) in [6.07, 6.45) is 0. The second-order valence-corrected chi connectivity index (χ2v) is 5.02. The lowest BCUT2D eigenvalue weighted by molar-refractivity contribution is 0.490. The molecule has 0 heterocycles. The van der Waals surface area contributed by atoms with Gasteiger partial charge in [-0.25, -0.2) is 13.2 Å². The van der Waals surface area contributed by atoms with Crippen LogP contribution in [0.1, 0.15) is 22.1 Å². The van der Waals surface area contributed by atoms with Crippen molar-refractivity contribution < 1.29 is 13.2 Å². The fourth-order valence-electron chi connectivity index (χ4n) is 1.74. The van der Waals surface area contributed by atoms with Gasteiger partial charge >= 0.3 is 0 Å². The van der Waals surface area contributed by atoms with Gasteiger partial charge in [-0.3, -0.25) is 0 Å². The predicted octanol–water partition coefficient (Wildman–Crippen LogP) is 5.39. The normalized spacial score (nSPS) is 12.5. The highest BCUT2D eigenvalue weighted by Crippen LogP contribution is 2.35. The van der Waals surface area contributed by atoms with Crippen molar-refractivity contribution in [2.75, 3.05) is 0 Å². The van der Waals surface area contributed by atoms with Crippen LogP contribution >= 0.6 is 23.2 Å². The first-order valence-corrected chi connectivity index (χ1v) is 6.26. The van der Waals surface area contributed by atoms with Crippen molar-refractivity contribution in [2.24, 2.45) is 0 Å². The fourth-order valence-corrected chi connectivity index (χ4v) is 2.49. The van der Waals surface area contributed by atoms with Crippen molar-refractivity contribution >= 4 is 23.2 Å². The van der Waals surface area contributed by atoms with Crippen LogP contribution in [-0.2, 0) is 0 Å². The van der Waals surface area contributed by atoms with Gasteiger partial charge in [-0.1, -0.05) is 23.7 Å². The number of benzene rings is 2. The van der Waals surface area contributed by atoms with E-state index < -0.39 is 22.8 Å². The summed E-state index contributed by atoms with van der Waals surface area (Å²) < 4.78 is 39.7. The second-order valence-electron chi connectivity index (χ2n) is 4.18. The molecule has 2 aromatic carbocycles. The molecule has 0 aromatic heterocycles. The standard InChI is InChI=1S/C14H9Cl2F3/c1-7-2-3-8(10(15)4-7)14(16)9-5-12(18)13(19)6-11(9)17/h2-6,14H,1H3. The van der Waals surface area contributed by atoms with Gasteiger partial charge in [0.25, 0.3) is 0 Å². The number of halogens is 5. The maximum absolute atomic E-state index is 13.6. The van der Waals surface area contributed by atoms with Crippen molar-refractivity contribution in [2.45, 2.75) is 12.3 Å². The van der Waals surface area contributed by atoms with Crippen molar-refractivity contribution in [3.05, 3.63) is 69.5 Å². The molecule has 1 atom stereocenters. The summed E-state index contributed by atoms with van der Waals surface area (Å²) in [5.41, 5.74) is 1.22. The van der Waals surface area contributed by atoms with Crippen LogP contribution in [0.25, 0.3) is 0 Å². The second kappa shape index (κ2) is 5.43. The molecule has 100 valence electrons. The molecule has 2 aromatic rings. The highest BCUT2D eigenvalue weighted by molar-refractivity contribution is 6.33. The van der Waals surface area contributed by atoms with E-state index >= 15 is 0 Å². The molecule has 0 nitrogen and oxygen atoms in total. The largest absolute Gasteiger partial charge is 0.207 e. The summed E-state index contributed by atoms with van der Waals surface area (Å²) in [5.74, 6) is -3.30. The van der Waals surface area contributed by atoms with Gasteiger partial charge < -0.3 is 0 Å². The van der Waals surface area contributed by atoms with Crippen LogP contribution in [0.15, 0.2) is 30.3 Å². The number of alkyl halides is 1. The van der Waals surface area contributed by atoms with E-state index in [4.69, 9.17) is 23.2 Å². The van der Waals surface area contributed by atoms with Crippen LogP contribution in [0.5, 0.6) is 0 Å². The smallest absolute Gasteiger partial charge is 0.161 e. The molecule has 0 N–H and O–H groups in total. The molecule has 0 radical (unpaired) electrons. The maximum atomic E-state index is 13.6. The lowest BCUT2D eigenvalue weighted by Crippen LogP contribution is -2.01. The van der Waals surface area contributed by atoms with E-state index in [9.17, 15) is 13.2 Å². The Balaban J connectivity index is 2.49. The van der Waals surface area contributed by atoms with Crippen LogP contribution < -0.4 is 0 Å². The quantitative estimate of drug-likeness (QED) is 0.515. The van der Waals surface area contributed by atoms with Gasteiger partial charge in [0.15, 0.2) is 11.6 Å². The monoisotopic (exact) mass is 304 g/mol. The molecule has 0 amide bonds. The molecule has 0 saturated heterocycles. The van der Waals surface area contributed by atoms with Gasteiger partial charge in [0, 0.05) is 16.7 Å². The Morgan fingerprint density at radius 1 is 0.895 bits per heavy atom. The topological polar surface area (TPSA) is 0 Å². The fraction of sp³-hybridized carbons (Fsp3) is 0.143. The zero-order valence-electron chi connectivity index (χ0n) is 9.85. The molecule has 19 heavy (non-hydrogen) atoms. The molecule has 5 heteroatoms. The van der Waals surface area contributed by atoms with E-state index in [0.29, 0.717) is 16.7 Å². The molecule has 0 aliphatic carbocycles. The summed E-state index contributed by atoms with van der Waals surface area (Å²) in [4.78, 5) is 0. The molecule has 1 unspecified atom stereocenters. The van der Waals surface area contributed by atoms with Crippen LogP contribution in [0.4, 0.5) is 13.2 Å². The first kappa shape index (κ1) is 14.2. The molecule has 0 saturated carbocycles. The highest BCUT2D eigenvalue weighted by Gasteiger charge is 2.20. The van der Waals surface area contributed by atoms with Crippen LogP contribution in [0.2, 0.25) is 5.02 Å². The number of hydrogen-bond donors (Lipinski definition) is 0. The first-order chi connectivity index (χ1) is 8.90. The third-order valence-corrected chi connectivity index (χ3v) is 3.54. The summed E-state index contributed by atoms with van der Waals surface area (Å²) in [6.45, 7) is 1.84. The predicted molar refractivity (Wildman–Crippen MR) is 70.2 cm³/mol. The highest BCUT2D eigenvalue weighted by atomic mass is 35.5. The minimum absolute atomic E-state index is 0.147. The molecule has 0 aliphatic heterocycles. The Kier molecular flexibility index (Phi) is 4.07. The lowest BCUT2D eigenvalue weighted by Gasteiger charge is -2.14. The van der Waals surface area contributed by atoms with Crippen molar-refractivity contribution in [3.63, 3.8) is 0 Å². The Labute approximate surface area is 118 Å². The van der Waals surface area contributed by atoms with E-state index in [1.165, 1.54) is 0 Å². The molecule has 2 rings (SSSR count). The van der Waals surface area contributed by atoms with Gasteiger partial charge in [0.05, 0.1) is 5.38 Å². The van der Waals surface area contributed by atoms with E-state index in [1.807, 2.05) is 6.92 Å². The Morgan fingerprint density at radius 2 is 1.53 bits per heavy atom. The van der Waals surface area contributed by atoms with E-state index in [2.05, 4.69) is 0 Å². The number of rotatable bonds is 2. The summed E-state index contributed by atoms with van der Waals surface area (Å²) in [6, 6.07) is 6.29. The molecule has 0 bridgehead atoms. The minimum Gasteiger partial charge on any atom is -0.207 e. The third kappa shape index (κ3) is 2.88. The van der Waals surface area contributed by atoms with Gasteiger partial charge in [0.1, 0.15) is 5.82 Å². The van der Waals surface area contributed by atoms with E-state index in [0.717, 1.165) is 11.6 Å². The molecule has 0 aliphatic rings. The van der Waals surface area contributed by atoms with Crippen molar-refractivity contribution in [1.29, 1.82) is 0 Å². The lowest BCUT2D eigenvalue weighted by atomic mass is 10.0. The molecular weight excluding hydrogens is 296 g/mol. The average molecular weight is 305 g/mol. The Hall–Kier alpha value is -1.19. The zero-order chi connectivity index (χ0) is 14.2. The minimum atomic E-state index is -1.25. The average Bonchev–Trinajstić information content (AvgIpc) is 2.33. The zero-order valence-corrected chi connectivity index (χ0v) is 11.4. The van der Waals surface area contributed by atoms with E-state index in [1.54, 1.807) is 18.2 Å². The first-order valence-electron chi connectivity index (χ1n) is 5.44. The van der Waals surface area contributed by atoms with Crippen LogP contribution in [-0.4, -0.2) is 0 Å². The van der Waals surface area contributed by atoms with Crippen molar-refractivity contribution in [3.8, 4) is 0 Å². The van der Waals surface area contributed by atoms with Crippen LogP contribution in [0, 0.1) is 24.4 Å². The molecular formula is C14H9Cl2F3. The third-order valence-electron chi connectivity index (χ3n) is 2.74. The molecule has 0 spiro atoms. The molecule has 0 fully saturated rings. The number of hydrogen-bond acceptors (Lipinski definition) is 0. The summed E-state index contributed by atoms with van der Waals surface area (Å²) >= 11 is 12.1. The Morgan fingerprint density at radius 3 is 2.16 bits per heavy atom. The SMILES string of the molecule is Cc1ccc(C(Cl)c2cc(F)c(F)cc2F)c(Cl)c1. The van der Waals surface area contributed by atoms with Crippen molar-refractivity contribution in [1.82, 2.24) is 0 Å². The van der Waals surface area contributed by atoms with Gasteiger partial charge in [-0.15, -0.1) is 11.6 Å². The summed E-state index contributed by atoms with van der Waals surface area (Å²) in [5, 5.41) is -0.632. The Bertz CT molecular complexity index is 626. The van der Waals surface area contributed by atoms with E-state index in [-0.39, 0.29) is 5.56 Å². The van der Waals surface area contributed by atoms with Crippen LogP contribution in [0.3, 0.4) is 0 Å². The maximum Gasteiger partial charge on any atom is 0.161 e. The number of aryl methyl sites for hydroxylation is 1. The summed E-state index contributed by atoms with van der Waals surface area (Å²) in [7, 11) is 0.